The Morgan fingerprint density at radius 3 is 2.56 bits per heavy atom. The summed E-state index contributed by atoms with van der Waals surface area (Å²) >= 11 is 0. The summed E-state index contributed by atoms with van der Waals surface area (Å²) in [5.41, 5.74) is 0.508. The summed E-state index contributed by atoms with van der Waals surface area (Å²) < 4.78 is 6.46. The SMILES string of the molecule is C#CC1(O[Si](C)(C)C(C)(C)C)CCC=C(CO)C1. The predicted molar refractivity (Wildman–Crippen MR) is 78.9 cm³/mol. The van der Waals surface area contributed by atoms with Gasteiger partial charge in [0.25, 0.3) is 0 Å². The van der Waals surface area contributed by atoms with Gasteiger partial charge in [0.15, 0.2) is 8.32 Å². The van der Waals surface area contributed by atoms with Crippen molar-refractivity contribution >= 4 is 8.32 Å². The standard InChI is InChI=1S/C15H26O2Si/c1-7-15(10-8-9-13(11-15)12-16)17-18(5,6)14(2,3)4/h1,9,16H,8,10-12H2,2-6H3. The zero-order chi connectivity index (χ0) is 14.0. The van der Waals surface area contributed by atoms with Crippen LogP contribution >= 0.6 is 0 Å². The molecule has 1 aliphatic carbocycles. The van der Waals surface area contributed by atoms with E-state index in [2.05, 4.69) is 45.9 Å². The number of terminal acetylenes is 1. The van der Waals surface area contributed by atoms with E-state index >= 15 is 0 Å². The smallest absolute Gasteiger partial charge is 0.194 e. The van der Waals surface area contributed by atoms with Crippen molar-refractivity contribution in [2.45, 2.75) is 63.8 Å². The quantitative estimate of drug-likeness (QED) is 0.481. The highest BCUT2D eigenvalue weighted by Crippen LogP contribution is 2.42. The lowest BCUT2D eigenvalue weighted by atomic mass is 9.85. The van der Waals surface area contributed by atoms with Crippen molar-refractivity contribution in [3.05, 3.63) is 11.6 Å². The summed E-state index contributed by atoms with van der Waals surface area (Å²) in [4.78, 5) is 0. The number of hydrogen-bond donors (Lipinski definition) is 1. The summed E-state index contributed by atoms with van der Waals surface area (Å²) in [7, 11) is -1.88. The van der Waals surface area contributed by atoms with Crippen molar-refractivity contribution in [2.75, 3.05) is 6.61 Å². The molecule has 0 saturated carbocycles. The van der Waals surface area contributed by atoms with Gasteiger partial charge in [-0.1, -0.05) is 32.8 Å². The van der Waals surface area contributed by atoms with Crippen molar-refractivity contribution in [1.82, 2.24) is 0 Å². The van der Waals surface area contributed by atoms with E-state index in [-0.39, 0.29) is 11.6 Å². The molecule has 102 valence electrons. The molecule has 0 aromatic heterocycles. The Balaban J connectivity index is 2.93. The van der Waals surface area contributed by atoms with Gasteiger partial charge >= 0.3 is 0 Å². The van der Waals surface area contributed by atoms with E-state index < -0.39 is 13.9 Å². The van der Waals surface area contributed by atoms with Gasteiger partial charge in [-0.25, -0.2) is 0 Å². The third-order valence-corrected chi connectivity index (χ3v) is 8.73. The molecule has 1 unspecified atom stereocenters. The number of aliphatic hydroxyl groups excluding tert-OH is 1. The molecule has 1 aliphatic rings. The average Bonchev–Trinajstić information content (AvgIpc) is 2.27. The third-order valence-electron chi connectivity index (χ3n) is 4.22. The molecule has 0 spiro atoms. The third kappa shape index (κ3) is 3.26. The van der Waals surface area contributed by atoms with E-state index in [9.17, 15) is 5.11 Å². The minimum Gasteiger partial charge on any atom is -0.400 e. The monoisotopic (exact) mass is 266 g/mol. The normalized spacial score (nSPS) is 25.5. The largest absolute Gasteiger partial charge is 0.400 e. The van der Waals surface area contributed by atoms with Crippen molar-refractivity contribution in [2.24, 2.45) is 0 Å². The molecule has 0 aromatic rings. The first-order valence-corrected chi connectivity index (χ1v) is 9.53. The fourth-order valence-corrected chi connectivity index (χ4v) is 3.55. The molecule has 0 amide bonds. The van der Waals surface area contributed by atoms with Gasteiger partial charge in [-0.2, -0.15) is 0 Å². The van der Waals surface area contributed by atoms with Gasteiger partial charge in [-0.05, 0) is 36.5 Å². The minimum atomic E-state index is -1.88. The number of allylic oxidation sites excluding steroid dienone is 1. The Hall–Kier alpha value is -0.563. The topological polar surface area (TPSA) is 29.5 Å². The second kappa shape index (κ2) is 5.20. The molecule has 0 aromatic carbocycles. The van der Waals surface area contributed by atoms with Crippen LogP contribution in [0, 0.1) is 12.3 Å². The highest BCUT2D eigenvalue weighted by molar-refractivity contribution is 6.74. The molecule has 0 fully saturated rings. The maximum atomic E-state index is 9.30. The van der Waals surface area contributed by atoms with Crippen LogP contribution in [0.2, 0.25) is 18.1 Å². The summed E-state index contributed by atoms with van der Waals surface area (Å²) in [6, 6.07) is 0. The second-order valence-electron chi connectivity index (χ2n) is 6.74. The highest BCUT2D eigenvalue weighted by atomic mass is 28.4. The molecule has 1 atom stereocenters. The number of rotatable bonds is 3. The molecular formula is C15H26O2Si. The van der Waals surface area contributed by atoms with Gasteiger partial charge in [-0.15, -0.1) is 6.42 Å². The maximum absolute atomic E-state index is 9.30. The Labute approximate surface area is 113 Å². The van der Waals surface area contributed by atoms with Crippen LogP contribution in [0.25, 0.3) is 0 Å². The lowest BCUT2D eigenvalue weighted by Crippen LogP contribution is -2.50. The molecule has 3 heteroatoms. The molecular weight excluding hydrogens is 240 g/mol. The summed E-state index contributed by atoms with van der Waals surface area (Å²) in [5.74, 6) is 2.87. The Morgan fingerprint density at radius 1 is 1.50 bits per heavy atom. The maximum Gasteiger partial charge on any atom is 0.194 e. The van der Waals surface area contributed by atoms with Gasteiger partial charge in [0.2, 0.25) is 0 Å². The molecule has 1 rings (SSSR count). The first-order valence-electron chi connectivity index (χ1n) is 6.62. The number of aliphatic hydroxyl groups is 1. The van der Waals surface area contributed by atoms with Crippen LogP contribution < -0.4 is 0 Å². The Bertz CT molecular complexity index is 371. The molecule has 1 N–H and O–H groups in total. The summed E-state index contributed by atoms with van der Waals surface area (Å²) in [6.45, 7) is 11.2. The van der Waals surface area contributed by atoms with Crippen molar-refractivity contribution in [3.63, 3.8) is 0 Å². The van der Waals surface area contributed by atoms with Crippen molar-refractivity contribution in [3.8, 4) is 12.3 Å². The molecule has 0 radical (unpaired) electrons. The first kappa shape index (κ1) is 15.5. The van der Waals surface area contributed by atoms with E-state index in [1.807, 2.05) is 0 Å². The highest BCUT2D eigenvalue weighted by Gasteiger charge is 2.44. The van der Waals surface area contributed by atoms with Crippen molar-refractivity contribution in [1.29, 1.82) is 0 Å². The van der Waals surface area contributed by atoms with E-state index in [0.717, 1.165) is 18.4 Å². The molecule has 0 bridgehead atoms. The van der Waals surface area contributed by atoms with E-state index in [4.69, 9.17) is 10.8 Å². The van der Waals surface area contributed by atoms with E-state index in [0.29, 0.717) is 6.42 Å². The summed E-state index contributed by atoms with van der Waals surface area (Å²) in [5, 5.41) is 9.45. The van der Waals surface area contributed by atoms with Crippen LogP contribution in [-0.2, 0) is 4.43 Å². The molecule has 0 saturated heterocycles. The van der Waals surface area contributed by atoms with Gasteiger partial charge in [0, 0.05) is 6.42 Å². The Kier molecular flexibility index (Phi) is 4.48. The zero-order valence-electron chi connectivity index (χ0n) is 12.3. The molecule has 18 heavy (non-hydrogen) atoms. The minimum absolute atomic E-state index is 0.0876. The fourth-order valence-electron chi connectivity index (χ4n) is 2.04. The van der Waals surface area contributed by atoms with Crippen LogP contribution in [0.15, 0.2) is 11.6 Å². The van der Waals surface area contributed by atoms with Gasteiger partial charge in [0.1, 0.15) is 5.60 Å². The van der Waals surface area contributed by atoms with Crippen LogP contribution in [0.3, 0.4) is 0 Å². The molecule has 2 nitrogen and oxygen atoms in total. The van der Waals surface area contributed by atoms with Crippen LogP contribution in [0.5, 0.6) is 0 Å². The van der Waals surface area contributed by atoms with E-state index in [1.54, 1.807) is 0 Å². The predicted octanol–water partition coefficient (Wildman–Crippen LogP) is 3.48. The van der Waals surface area contributed by atoms with Crippen molar-refractivity contribution < 1.29 is 9.53 Å². The number of hydrogen-bond acceptors (Lipinski definition) is 2. The first-order chi connectivity index (χ1) is 8.16. The molecule has 0 aliphatic heterocycles. The van der Waals surface area contributed by atoms with Crippen LogP contribution in [-0.4, -0.2) is 25.6 Å². The van der Waals surface area contributed by atoms with Crippen LogP contribution in [0.1, 0.15) is 40.0 Å². The van der Waals surface area contributed by atoms with Gasteiger partial charge in [-0.3, -0.25) is 0 Å². The average molecular weight is 266 g/mol. The van der Waals surface area contributed by atoms with E-state index in [1.165, 1.54) is 0 Å². The van der Waals surface area contributed by atoms with Crippen LogP contribution in [0.4, 0.5) is 0 Å². The lowest BCUT2D eigenvalue weighted by Gasteiger charge is -2.44. The molecule has 0 heterocycles. The fraction of sp³-hybridized carbons (Fsp3) is 0.733. The zero-order valence-corrected chi connectivity index (χ0v) is 13.3. The summed E-state index contributed by atoms with van der Waals surface area (Å²) in [6.07, 6.45) is 10.3. The van der Waals surface area contributed by atoms with Gasteiger partial charge < -0.3 is 9.53 Å². The lowest BCUT2D eigenvalue weighted by molar-refractivity contribution is 0.0945. The van der Waals surface area contributed by atoms with Gasteiger partial charge in [0.05, 0.1) is 6.61 Å². The second-order valence-corrected chi connectivity index (χ2v) is 11.5. The Morgan fingerprint density at radius 2 is 2.11 bits per heavy atom.